The Morgan fingerprint density at radius 2 is 2.00 bits per heavy atom. The number of pyridine rings is 1. The molecule has 7 heteroatoms. The Balaban J connectivity index is 1.70. The zero-order valence-corrected chi connectivity index (χ0v) is 16.2. The summed E-state index contributed by atoms with van der Waals surface area (Å²) in [6.07, 6.45) is 1.91. The van der Waals surface area contributed by atoms with E-state index in [4.69, 9.17) is 9.47 Å². The molecule has 1 atom stereocenters. The molecule has 2 amide bonds. The van der Waals surface area contributed by atoms with Gasteiger partial charge in [0.05, 0.1) is 31.9 Å². The van der Waals surface area contributed by atoms with E-state index in [2.05, 4.69) is 4.98 Å². The van der Waals surface area contributed by atoms with E-state index in [1.54, 1.807) is 30.2 Å². The molecule has 28 heavy (non-hydrogen) atoms. The van der Waals surface area contributed by atoms with E-state index in [1.807, 2.05) is 42.5 Å². The zero-order valence-electron chi connectivity index (χ0n) is 16.2. The fraction of sp³-hybridized carbons (Fsp3) is 0.381. The highest BCUT2D eigenvalue weighted by molar-refractivity contribution is 6.00. The third-order valence-corrected chi connectivity index (χ3v) is 4.81. The van der Waals surface area contributed by atoms with Crippen LogP contribution in [0.15, 0.2) is 48.7 Å². The average Bonchev–Trinajstić information content (AvgIpc) is 3.13. The molecule has 3 rings (SSSR count). The molecule has 1 aromatic carbocycles. The molecule has 0 spiro atoms. The van der Waals surface area contributed by atoms with Gasteiger partial charge < -0.3 is 19.3 Å². The van der Waals surface area contributed by atoms with E-state index in [1.165, 1.54) is 0 Å². The SMILES string of the molecule is COCCN(Cc1ccccn1)C(=O)C1CC(=O)N(c2ccc(OC)cc2)C1. The number of amides is 2. The van der Waals surface area contributed by atoms with Gasteiger partial charge in [0, 0.05) is 38.5 Å². The number of carbonyl (C=O) groups excluding carboxylic acids is 2. The van der Waals surface area contributed by atoms with Crippen molar-refractivity contribution >= 4 is 17.5 Å². The number of anilines is 1. The van der Waals surface area contributed by atoms with Crippen LogP contribution in [0, 0.1) is 5.92 Å². The van der Waals surface area contributed by atoms with Crippen LogP contribution in [0.3, 0.4) is 0 Å². The first-order valence-corrected chi connectivity index (χ1v) is 9.24. The second-order valence-electron chi connectivity index (χ2n) is 6.68. The third kappa shape index (κ3) is 4.67. The molecule has 0 N–H and O–H groups in total. The Kier molecular flexibility index (Phi) is 6.60. The van der Waals surface area contributed by atoms with Crippen molar-refractivity contribution in [1.82, 2.24) is 9.88 Å². The summed E-state index contributed by atoms with van der Waals surface area (Å²) in [6, 6.07) is 12.9. The molecule has 0 saturated carbocycles. The number of benzene rings is 1. The lowest BCUT2D eigenvalue weighted by molar-refractivity contribution is -0.137. The zero-order chi connectivity index (χ0) is 19.9. The van der Waals surface area contributed by atoms with Crippen LogP contribution in [0.25, 0.3) is 0 Å². The van der Waals surface area contributed by atoms with Gasteiger partial charge in [-0.05, 0) is 36.4 Å². The standard InChI is InChI=1S/C21H25N3O4/c1-27-12-11-23(15-17-5-3-4-10-22-17)21(26)16-13-20(25)24(14-16)18-6-8-19(28-2)9-7-18/h3-10,16H,11-15H2,1-2H3. The maximum absolute atomic E-state index is 13.1. The van der Waals surface area contributed by atoms with Gasteiger partial charge in [0.1, 0.15) is 5.75 Å². The minimum atomic E-state index is -0.379. The molecule has 0 radical (unpaired) electrons. The van der Waals surface area contributed by atoms with Crippen LogP contribution < -0.4 is 9.64 Å². The smallest absolute Gasteiger partial charge is 0.228 e. The molecule has 148 valence electrons. The summed E-state index contributed by atoms with van der Waals surface area (Å²) < 4.78 is 10.3. The average molecular weight is 383 g/mol. The molecule has 2 heterocycles. The van der Waals surface area contributed by atoms with E-state index < -0.39 is 0 Å². The molecule has 0 aliphatic carbocycles. The summed E-state index contributed by atoms with van der Waals surface area (Å²) in [6.45, 7) is 1.66. The Morgan fingerprint density at radius 3 is 2.64 bits per heavy atom. The van der Waals surface area contributed by atoms with Crippen molar-refractivity contribution in [3.05, 3.63) is 54.4 Å². The number of ether oxygens (including phenoxy) is 2. The largest absolute Gasteiger partial charge is 0.497 e. The van der Waals surface area contributed by atoms with Gasteiger partial charge in [-0.25, -0.2) is 0 Å². The predicted octanol–water partition coefficient (Wildman–Crippen LogP) is 2.12. The molecular weight excluding hydrogens is 358 g/mol. The first-order chi connectivity index (χ1) is 13.6. The minimum absolute atomic E-state index is 0.0481. The van der Waals surface area contributed by atoms with Gasteiger partial charge in [-0.2, -0.15) is 0 Å². The number of carbonyl (C=O) groups is 2. The number of methoxy groups -OCH3 is 2. The maximum atomic E-state index is 13.1. The van der Waals surface area contributed by atoms with Crippen LogP contribution in [0.1, 0.15) is 12.1 Å². The summed E-state index contributed by atoms with van der Waals surface area (Å²) in [7, 11) is 3.20. The number of rotatable bonds is 8. The van der Waals surface area contributed by atoms with E-state index in [0.29, 0.717) is 26.2 Å². The van der Waals surface area contributed by atoms with E-state index in [9.17, 15) is 9.59 Å². The summed E-state index contributed by atoms with van der Waals surface area (Å²) in [5.41, 5.74) is 1.58. The quantitative estimate of drug-likeness (QED) is 0.698. The fourth-order valence-electron chi connectivity index (χ4n) is 3.30. The molecule has 1 unspecified atom stereocenters. The van der Waals surface area contributed by atoms with E-state index >= 15 is 0 Å². The minimum Gasteiger partial charge on any atom is -0.497 e. The summed E-state index contributed by atoms with van der Waals surface area (Å²) >= 11 is 0. The highest BCUT2D eigenvalue weighted by Crippen LogP contribution is 2.28. The molecule has 7 nitrogen and oxygen atoms in total. The van der Waals surface area contributed by atoms with Crippen LogP contribution in [0.5, 0.6) is 5.75 Å². The van der Waals surface area contributed by atoms with Crippen LogP contribution in [0.2, 0.25) is 0 Å². The number of hydrogen-bond acceptors (Lipinski definition) is 5. The number of nitrogens with zero attached hydrogens (tertiary/aromatic N) is 3. The van der Waals surface area contributed by atoms with Crippen LogP contribution in [-0.4, -0.2) is 55.6 Å². The maximum Gasteiger partial charge on any atom is 0.228 e. The van der Waals surface area contributed by atoms with Crippen molar-refractivity contribution in [2.24, 2.45) is 5.92 Å². The third-order valence-electron chi connectivity index (χ3n) is 4.81. The van der Waals surface area contributed by atoms with Crippen LogP contribution in [-0.2, 0) is 20.9 Å². The van der Waals surface area contributed by atoms with Gasteiger partial charge >= 0.3 is 0 Å². The highest BCUT2D eigenvalue weighted by Gasteiger charge is 2.37. The van der Waals surface area contributed by atoms with Crippen LogP contribution in [0.4, 0.5) is 5.69 Å². The van der Waals surface area contributed by atoms with Gasteiger partial charge in [-0.1, -0.05) is 6.07 Å². The van der Waals surface area contributed by atoms with Crippen molar-refractivity contribution < 1.29 is 19.1 Å². The lowest BCUT2D eigenvalue weighted by atomic mass is 10.1. The second-order valence-corrected chi connectivity index (χ2v) is 6.68. The Bertz CT molecular complexity index is 795. The molecule has 1 fully saturated rings. The van der Waals surface area contributed by atoms with Gasteiger partial charge in [0.2, 0.25) is 11.8 Å². The van der Waals surface area contributed by atoms with Crippen molar-refractivity contribution in [2.75, 3.05) is 38.8 Å². The van der Waals surface area contributed by atoms with Gasteiger partial charge in [0.15, 0.2) is 0 Å². The summed E-state index contributed by atoms with van der Waals surface area (Å²) in [5.74, 6) is 0.249. The van der Waals surface area contributed by atoms with Gasteiger partial charge in [-0.3, -0.25) is 14.6 Å². The lowest BCUT2D eigenvalue weighted by Gasteiger charge is -2.25. The molecular formula is C21H25N3O4. The predicted molar refractivity (Wildman–Crippen MR) is 105 cm³/mol. The van der Waals surface area contributed by atoms with Gasteiger partial charge in [0.25, 0.3) is 0 Å². The Hall–Kier alpha value is -2.93. The fourth-order valence-corrected chi connectivity index (χ4v) is 3.30. The molecule has 2 aromatic rings. The van der Waals surface area contributed by atoms with Crippen molar-refractivity contribution in [1.29, 1.82) is 0 Å². The first kappa shape index (κ1) is 19.8. The first-order valence-electron chi connectivity index (χ1n) is 9.24. The van der Waals surface area contributed by atoms with Gasteiger partial charge in [-0.15, -0.1) is 0 Å². The highest BCUT2D eigenvalue weighted by atomic mass is 16.5. The van der Waals surface area contributed by atoms with Crippen molar-refractivity contribution in [3.8, 4) is 5.75 Å². The van der Waals surface area contributed by atoms with Crippen LogP contribution >= 0.6 is 0 Å². The molecule has 1 aliphatic heterocycles. The topological polar surface area (TPSA) is 72.0 Å². The van der Waals surface area contributed by atoms with Crippen molar-refractivity contribution in [2.45, 2.75) is 13.0 Å². The lowest BCUT2D eigenvalue weighted by Crippen LogP contribution is -2.39. The monoisotopic (exact) mass is 383 g/mol. The summed E-state index contributed by atoms with van der Waals surface area (Å²) in [4.78, 5) is 33.3. The Morgan fingerprint density at radius 1 is 1.21 bits per heavy atom. The molecule has 1 saturated heterocycles. The second kappa shape index (κ2) is 9.32. The van der Waals surface area contributed by atoms with Crippen molar-refractivity contribution in [3.63, 3.8) is 0 Å². The molecule has 1 aromatic heterocycles. The normalized spacial score (nSPS) is 16.3. The van der Waals surface area contributed by atoms with E-state index in [-0.39, 0.29) is 24.2 Å². The summed E-state index contributed by atoms with van der Waals surface area (Å²) in [5, 5.41) is 0. The molecule has 1 aliphatic rings. The van der Waals surface area contributed by atoms with E-state index in [0.717, 1.165) is 17.1 Å². The number of aromatic nitrogens is 1. The number of hydrogen-bond donors (Lipinski definition) is 0. The molecule has 0 bridgehead atoms. The Labute approximate surface area is 164 Å².